The Morgan fingerprint density at radius 1 is 1.00 bits per heavy atom. The Hall–Kier alpha value is -2.81. The van der Waals surface area contributed by atoms with E-state index < -0.39 is 0 Å². The maximum Gasteiger partial charge on any atom is 0.255 e. The van der Waals surface area contributed by atoms with Crippen molar-refractivity contribution < 1.29 is 9.90 Å². The molecule has 0 fully saturated rings. The fraction of sp³-hybridized carbons (Fsp3) is 0.105. The fourth-order valence-corrected chi connectivity index (χ4v) is 2.45. The van der Waals surface area contributed by atoms with Gasteiger partial charge in [-0.15, -0.1) is 0 Å². The van der Waals surface area contributed by atoms with E-state index in [4.69, 9.17) is 0 Å². The van der Waals surface area contributed by atoms with E-state index in [9.17, 15) is 9.90 Å². The molecule has 0 heterocycles. The van der Waals surface area contributed by atoms with Crippen LogP contribution in [0.2, 0.25) is 0 Å². The highest BCUT2D eigenvalue weighted by molar-refractivity contribution is 6.06. The van der Waals surface area contributed by atoms with Crippen LogP contribution >= 0.6 is 0 Å². The summed E-state index contributed by atoms with van der Waals surface area (Å²) in [5.74, 6) is 0.0873. The van der Waals surface area contributed by atoms with Gasteiger partial charge in [-0.3, -0.25) is 4.79 Å². The SMILES string of the molecule is CCc1cccc(NC(=O)c2ccc3cc(O)ccc3c2)c1. The molecule has 0 saturated heterocycles. The highest BCUT2D eigenvalue weighted by Crippen LogP contribution is 2.21. The lowest BCUT2D eigenvalue weighted by Gasteiger charge is -2.08. The number of hydrogen-bond acceptors (Lipinski definition) is 2. The second-order valence-electron chi connectivity index (χ2n) is 5.25. The number of amides is 1. The summed E-state index contributed by atoms with van der Waals surface area (Å²) in [6.45, 7) is 2.08. The lowest BCUT2D eigenvalue weighted by Crippen LogP contribution is -2.11. The normalized spacial score (nSPS) is 10.6. The van der Waals surface area contributed by atoms with Crippen LogP contribution in [0.1, 0.15) is 22.8 Å². The molecule has 3 heteroatoms. The topological polar surface area (TPSA) is 49.3 Å². The van der Waals surface area contributed by atoms with Crippen LogP contribution in [0.15, 0.2) is 60.7 Å². The Morgan fingerprint density at radius 2 is 1.77 bits per heavy atom. The first-order valence-electron chi connectivity index (χ1n) is 7.29. The molecule has 0 aliphatic rings. The number of rotatable bonds is 3. The van der Waals surface area contributed by atoms with E-state index in [0.717, 1.165) is 22.9 Å². The molecule has 3 aromatic carbocycles. The zero-order chi connectivity index (χ0) is 15.5. The van der Waals surface area contributed by atoms with Crippen LogP contribution < -0.4 is 5.32 Å². The van der Waals surface area contributed by atoms with Crippen LogP contribution in [0.4, 0.5) is 5.69 Å². The summed E-state index contributed by atoms with van der Waals surface area (Å²) < 4.78 is 0. The monoisotopic (exact) mass is 291 g/mol. The molecule has 0 aliphatic heterocycles. The van der Waals surface area contributed by atoms with E-state index >= 15 is 0 Å². The first kappa shape index (κ1) is 14.1. The van der Waals surface area contributed by atoms with Crippen LogP contribution in [-0.4, -0.2) is 11.0 Å². The Labute approximate surface area is 129 Å². The zero-order valence-electron chi connectivity index (χ0n) is 12.3. The van der Waals surface area contributed by atoms with Gasteiger partial charge in [0.1, 0.15) is 5.75 Å². The summed E-state index contributed by atoms with van der Waals surface area (Å²) in [5, 5.41) is 14.2. The summed E-state index contributed by atoms with van der Waals surface area (Å²) >= 11 is 0. The predicted molar refractivity (Wildman–Crippen MR) is 89.4 cm³/mol. The van der Waals surface area contributed by atoms with E-state index in [1.54, 1.807) is 24.3 Å². The second-order valence-corrected chi connectivity index (χ2v) is 5.25. The minimum Gasteiger partial charge on any atom is -0.508 e. The smallest absolute Gasteiger partial charge is 0.255 e. The Balaban J connectivity index is 1.86. The molecular formula is C19H17NO2. The summed E-state index contributed by atoms with van der Waals surface area (Å²) in [6.07, 6.45) is 0.934. The van der Waals surface area contributed by atoms with Gasteiger partial charge in [-0.05, 0) is 59.2 Å². The number of aryl methyl sites for hydroxylation is 1. The van der Waals surface area contributed by atoms with E-state index in [1.807, 2.05) is 36.4 Å². The van der Waals surface area contributed by atoms with Crippen LogP contribution in [0.5, 0.6) is 5.75 Å². The maximum absolute atomic E-state index is 12.4. The fourth-order valence-electron chi connectivity index (χ4n) is 2.45. The van der Waals surface area contributed by atoms with Gasteiger partial charge in [-0.25, -0.2) is 0 Å². The molecule has 3 aromatic rings. The minimum atomic E-state index is -0.136. The van der Waals surface area contributed by atoms with Crippen LogP contribution in [-0.2, 0) is 6.42 Å². The van der Waals surface area contributed by atoms with E-state index in [1.165, 1.54) is 5.56 Å². The number of fused-ring (bicyclic) bond motifs is 1. The second kappa shape index (κ2) is 5.90. The van der Waals surface area contributed by atoms with Gasteiger partial charge in [-0.2, -0.15) is 0 Å². The molecule has 110 valence electrons. The number of phenols is 1. The molecule has 2 N–H and O–H groups in total. The van der Waals surface area contributed by atoms with Crippen molar-refractivity contribution in [2.45, 2.75) is 13.3 Å². The number of aromatic hydroxyl groups is 1. The molecule has 3 rings (SSSR count). The molecule has 0 unspecified atom stereocenters. The first-order chi connectivity index (χ1) is 10.7. The average molecular weight is 291 g/mol. The number of nitrogens with one attached hydrogen (secondary N) is 1. The molecular weight excluding hydrogens is 274 g/mol. The standard InChI is InChI=1S/C19H17NO2/c1-2-13-4-3-5-17(10-13)20-19(22)16-7-6-15-12-18(21)9-8-14(15)11-16/h3-12,21H,2H2,1H3,(H,20,22). The van der Waals surface area contributed by atoms with Crippen molar-refractivity contribution in [3.05, 3.63) is 71.8 Å². The van der Waals surface area contributed by atoms with Gasteiger partial charge in [0, 0.05) is 11.3 Å². The quantitative estimate of drug-likeness (QED) is 0.753. The van der Waals surface area contributed by atoms with Crippen molar-refractivity contribution in [1.82, 2.24) is 0 Å². The van der Waals surface area contributed by atoms with Crippen LogP contribution in [0.3, 0.4) is 0 Å². The van der Waals surface area contributed by atoms with Crippen molar-refractivity contribution in [3.63, 3.8) is 0 Å². The number of benzene rings is 3. The van der Waals surface area contributed by atoms with E-state index in [-0.39, 0.29) is 11.7 Å². The third-order valence-electron chi connectivity index (χ3n) is 3.68. The van der Waals surface area contributed by atoms with Gasteiger partial charge >= 0.3 is 0 Å². The van der Waals surface area contributed by atoms with Gasteiger partial charge in [0.25, 0.3) is 5.91 Å². The van der Waals surface area contributed by atoms with Crippen molar-refractivity contribution >= 4 is 22.4 Å². The van der Waals surface area contributed by atoms with E-state index in [0.29, 0.717) is 5.56 Å². The molecule has 0 aliphatic carbocycles. The number of phenolic OH excluding ortho intramolecular Hbond substituents is 1. The Morgan fingerprint density at radius 3 is 2.59 bits per heavy atom. The van der Waals surface area contributed by atoms with E-state index in [2.05, 4.69) is 12.2 Å². The molecule has 3 nitrogen and oxygen atoms in total. The molecule has 0 atom stereocenters. The van der Waals surface area contributed by atoms with Gasteiger partial charge < -0.3 is 10.4 Å². The van der Waals surface area contributed by atoms with Gasteiger partial charge in [0.05, 0.1) is 0 Å². The average Bonchev–Trinajstić information content (AvgIpc) is 2.54. The highest BCUT2D eigenvalue weighted by atomic mass is 16.3. The number of carbonyl (C=O) groups is 1. The molecule has 0 spiro atoms. The largest absolute Gasteiger partial charge is 0.508 e. The number of hydrogen-bond donors (Lipinski definition) is 2. The van der Waals surface area contributed by atoms with Gasteiger partial charge in [0.15, 0.2) is 0 Å². The summed E-state index contributed by atoms with van der Waals surface area (Å²) in [6, 6.07) is 18.4. The molecule has 0 aromatic heterocycles. The minimum absolute atomic E-state index is 0.136. The Bertz CT molecular complexity index is 840. The zero-order valence-corrected chi connectivity index (χ0v) is 12.3. The summed E-state index contributed by atoms with van der Waals surface area (Å²) in [7, 11) is 0. The Kier molecular flexibility index (Phi) is 3.79. The van der Waals surface area contributed by atoms with Gasteiger partial charge in [-0.1, -0.05) is 31.2 Å². The molecule has 1 amide bonds. The van der Waals surface area contributed by atoms with Crippen molar-refractivity contribution in [2.24, 2.45) is 0 Å². The molecule has 0 radical (unpaired) electrons. The van der Waals surface area contributed by atoms with Gasteiger partial charge in [0.2, 0.25) is 0 Å². The predicted octanol–water partition coefficient (Wildman–Crippen LogP) is 4.36. The van der Waals surface area contributed by atoms with Crippen molar-refractivity contribution in [1.29, 1.82) is 0 Å². The summed E-state index contributed by atoms with van der Waals surface area (Å²) in [5.41, 5.74) is 2.59. The van der Waals surface area contributed by atoms with Crippen molar-refractivity contribution in [2.75, 3.05) is 5.32 Å². The molecule has 22 heavy (non-hydrogen) atoms. The third kappa shape index (κ3) is 2.93. The van der Waals surface area contributed by atoms with Crippen LogP contribution in [0.25, 0.3) is 10.8 Å². The van der Waals surface area contributed by atoms with Crippen molar-refractivity contribution in [3.8, 4) is 5.75 Å². The lowest BCUT2D eigenvalue weighted by molar-refractivity contribution is 0.102. The third-order valence-corrected chi connectivity index (χ3v) is 3.68. The highest BCUT2D eigenvalue weighted by Gasteiger charge is 2.07. The van der Waals surface area contributed by atoms with Crippen LogP contribution in [0, 0.1) is 0 Å². The summed E-state index contributed by atoms with van der Waals surface area (Å²) in [4.78, 5) is 12.4. The maximum atomic E-state index is 12.4. The lowest BCUT2D eigenvalue weighted by atomic mass is 10.1. The first-order valence-corrected chi connectivity index (χ1v) is 7.29. The number of anilines is 1. The number of carbonyl (C=O) groups excluding carboxylic acids is 1. The molecule has 0 bridgehead atoms. The molecule has 0 saturated carbocycles.